The zero-order chi connectivity index (χ0) is 12.7. The summed E-state index contributed by atoms with van der Waals surface area (Å²) in [5.41, 5.74) is 3.22. The van der Waals surface area contributed by atoms with Crippen molar-refractivity contribution in [2.45, 2.75) is 6.92 Å². The van der Waals surface area contributed by atoms with Gasteiger partial charge in [-0.15, -0.1) is 0 Å². The lowest BCUT2D eigenvalue weighted by molar-refractivity contribution is 0.623. The van der Waals surface area contributed by atoms with Crippen molar-refractivity contribution in [1.29, 1.82) is 0 Å². The van der Waals surface area contributed by atoms with Crippen LogP contribution in [0.25, 0.3) is 22.4 Å². The Kier molecular flexibility index (Phi) is 2.63. The van der Waals surface area contributed by atoms with E-state index in [0.29, 0.717) is 15.8 Å². The molecule has 0 amide bonds. The molecule has 0 saturated carbocycles. The van der Waals surface area contributed by atoms with E-state index in [2.05, 4.69) is 30.9 Å². The van der Waals surface area contributed by atoms with Gasteiger partial charge in [-0.2, -0.15) is 0 Å². The first-order valence-electron chi connectivity index (χ1n) is 5.41. The Morgan fingerprint density at radius 2 is 2.11 bits per heavy atom. The molecule has 0 spiro atoms. The van der Waals surface area contributed by atoms with E-state index in [1.54, 1.807) is 12.3 Å². The van der Waals surface area contributed by atoms with E-state index in [0.717, 1.165) is 16.8 Å². The third kappa shape index (κ3) is 1.90. The molecule has 1 aromatic carbocycles. The zero-order valence-electron chi connectivity index (χ0n) is 9.54. The maximum Gasteiger partial charge on any atom is 0.140 e. The molecule has 0 aliphatic rings. The smallest absolute Gasteiger partial charge is 0.140 e. The molecule has 3 rings (SSSR count). The standard InChI is InChI=1S/C13H9BrFN3/c1-7-2-3-8(6-16-7)13-17-11-4-9(14)10(15)5-12(11)18-13/h2-6H,1H3,(H,17,18). The first-order valence-corrected chi connectivity index (χ1v) is 6.20. The second kappa shape index (κ2) is 4.17. The summed E-state index contributed by atoms with van der Waals surface area (Å²) in [7, 11) is 0. The summed E-state index contributed by atoms with van der Waals surface area (Å²) in [5.74, 6) is 0.384. The molecule has 5 heteroatoms. The molecular formula is C13H9BrFN3. The van der Waals surface area contributed by atoms with Crippen LogP contribution in [0.3, 0.4) is 0 Å². The van der Waals surface area contributed by atoms with Gasteiger partial charge in [0.25, 0.3) is 0 Å². The summed E-state index contributed by atoms with van der Waals surface area (Å²) >= 11 is 3.15. The van der Waals surface area contributed by atoms with Crippen molar-refractivity contribution in [3.8, 4) is 11.4 Å². The largest absolute Gasteiger partial charge is 0.338 e. The highest BCUT2D eigenvalue weighted by molar-refractivity contribution is 9.10. The van der Waals surface area contributed by atoms with Crippen molar-refractivity contribution in [3.05, 3.63) is 46.4 Å². The summed E-state index contributed by atoms with van der Waals surface area (Å²) in [6.45, 7) is 1.93. The van der Waals surface area contributed by atoms with Crippen molar-refractivity contribution >= 4 is 27.0 Å². The van der Waals surface area contributed by atoms with Crippen molar-refractivity contribution in [3.63, 3.8) is 0 Å². The third-order valence-electron chi connectivity index (χ3n) is 2.71. The number of hydrogen-bond donors (Lipinski definition) is 1. The molecule has 0 unspecified atom stereocenters. The average molecular weight is 306 g/mol. The van der Waals surface area contributed by atoms with Gasteiger partial charge in [-0.05, 0) is 41.1 Å². The Hall–Kier alpha value is -1.75. The van der Waals surface area contributed by atoms with Crippen molar-refractivity contribution in [2.24, 2.45) is 0 Å². The van der Waals surface area contributed by atoms with E-state index in [9.17, 15) is 4.39 Å². The van der Waals surface area contributed by atoms with Gasteiger partial charge in [-0.1, -0.05) is 0 Å². The van der Waals surface area contributed by atoms with Crippen LogP contribution in [0.15, 0.2) is 34.9 Å². The van der Waals surface area contributed by atoms with Crippen molar-refractivity contribution < 1.29 is 4.39 Å². The fraction of sp³-hybridized carbons (Fsp3) is 0.0769. The van der Waals surface area contributed by atoms with Crippen LogP contribution in [0.5, 0.6) is 0 Å². The lowest BCUT2D eigenvalue weighted by Crippen LogP contribution is -1.84. The van der Waals surface area contributed by atoms with Gasteiger partial charge in [0.2, 0.25) is 0 Å². The first kappa shape index (κ1) is 11.3. The normalized spacial score (nSPS) is 11.1. The molecule has 18 heavy (non-hydrogen) atoms. The minimum Gasteiger partial charge on any atom is -0.338 e. The van der Waals surface area contributed by atoms with E-state index >= 15 is 0 Å². The number of aromatic amines is 1. The molecule has 0 radical (unpaired) electrons. The number of halogens is 2. The van der Waals surface area contributed by atoms with E-state index in [1.807, 2.05) is 19.1 Å². The quantitative estimate of drug-likeness (QED) is 0.742. The number of aryl methyl sites for hydroxylation is 1. The molecule has 3 aromatic rings. The highest BCUT2D eigenvalue weighted by atomic mass is 79.9. The number of rotatable bonds is 1. The highest BCUT2D eigenvalue weighted by Crippen LogP contribution is 2.25. The lowest BCUT2D eigenvalue weighted by atomic mass is 10.2. The maximum absolute atomic E-state index is 13.4. The molecule has 0 aliphatic carbocycles. The maximum atomic E-state index is 13.4. The Morgan fingerprint density at radius 3 is 2.83 bits per heavy atom. The Bertz CT molecular complexity index is 680. The molecule has 2 heterocycles. The predicted octanol–water partition coefficient (Wildman–Crippen LogP) is 3.83. The molecular weight excluding hydrogens is 297 g/mol. The van der Waals surface area contributed by atoms with Crippen LogP contribution >= 0.6 is 15.9 Å². The Balaban J connectivity index is 2.16. The van der Waals surface area contributed by atoms with Gasteiger partial charge in [-0.3, -0.25) is 4.98 Å². The summed E-state index contributed by atoms with van der Waals surface area (Å²) in [4.78, 5) is 11.7. The lowest BCUT2D eigenvalue weighted by Gasteiger charge is -1.95. The van der Waals surface area contributed by atoms with Gasteiger partial charge >= 0.3 is 0 Å². The molecule has 0 fully saturated rings. The number of pyridine rings is 1. The topological polar surface area (TPSA) is 41.6 Å². The van der Waals surface area contributed by atoms with Crippen LogP contribution in [0.1, 0.15) is 5.69 Å². The minimum absolute atomic E-state index is 0.306. The third-order valence-corrected chi connectivity index (χ3v) is 3.32. The fourth-order valence-electron chi connectivity index (χ4n) is 1.75. The summed E-state index contributed by atoms with van der Waals surface area (Å²) in [5, 5.41) is 0. The number of H-pyrrole nitrogens is 1. The fourth-order valence-corrected chi connectivity index (χ4v) is 2.08. The van der Waals surface area contributed by atoms with E-state index < -0.39 is 0 Å². The molecule has 0 bridgehead atoms. The van der Waals surface area contributed by atoms with Gasteiger partial charge in [0.05, 0.1) is 15.5 Å². The monoisotopic (exact) mass is 305 g/mol. The SMILES string of the molecule is Cc1ccc(-c2nc3cc(Br)c(F)cc3[nH]2)cn1. The van der Waals surface area contributed by atoms with Crippen LogP contribution < -0.4 is 0 Å². The Morgan fingerprint density at radius 1 is 1.28 bits per heavy atom. The van der Waals surface area contributed by atoms with Gasteiger partial charge in [0, 0.05) is 23.5 Å². The second-order valence-corrected chi connectivity index (χ2v) is 4.91. The van der Waals surface area contributed by atoms with E-state index in [-0.39, 0.29) is 5.82 Å². The zero-order valence-corrected chi connectivity index (χ0v) is 11.1. The second-order valence-electron chi connectivity index (χ2n) is 4.06. The van der Waals surface area contributed by atoms with Crippen molar-refractivity contribution in [2.75, 3.05) is 0 Å². The van der Waals surface area contributed by atoms with Crippen molar-refractivity contribution in [1.82, 2.24) is 15.0 Å². The minimum atomic E-state index is -0.306. The first-order chi connectivity index (χ1) is 8.63. The number of hydrogen-bond acceptors (Lipinski definition) is 2. The number of nitrogens with one attached hydrogen (secondary N) is 1. The van der Waals surface area contributed by atoms with Gasteiger partial charge in [-0.25, -0.2) is 9.37 Å². The predicted molar refractivity (Wildman–Crippen MR) is 71.7 cm³/mol. The van der Waals surface area contributed by atoms with Gasteiger partial charge in [0.1, 0.15) is 11.6 Å². The van der Waals surface area contributed by atoms with Gasteiger partial charge < -0.3 is 4.98 Å². The molecule has 0 aliphatic heterocycles. The molecule has 2 aromatic heterocycles. The summed E-state index contributed by atoms with van der Waals surface area (Å²) in [6.07, 6.45) is 1.75. The number of fused-ring (bicyclic) bond motifs is 1. The molecule has 1 N–H and O–H groups in total. The molecule has 3 nitrogen and oxygen atoms in total. The molecule has 0 atom stereocenters. The number of nitrogens with zero attached hydrogens (tertiary/aromatic N) is 2. The van der Waals surface area contributed by atoms with Gasteiger partial charge in [0.15, 0.2) is 0 Å². The number of imidazole rings is 1. The van der Waals surface area contributed by atoms with Crippen LogP contribution in [-0.2, 0) is 0 Å². The average Bonchev–Trinajstić information content (AvgIpc) is 2.73. The number of benzene rings is 1. The molecule has 0 saturated heterocycles. The number of aromatic nitrogens is 3. The molecule has 90 valence electrons. The summed E-state index contributed by atoms with van der Waals surface area (Å²) < 4.78 is 13.8. The Labute approximate surface area is 111 Å². The van der Waals surface area contributed by atoms with Crippen LogP contribution in [-0.4, -0.2) is 15.0 Å². The van der Waals surface area contributed by atoms with E-state index in [1.165, 1.54) is 6.07 Å². The highest BCUT2D eigenvalue weighted by Gasteiger charge is 2.08. The van der Waals surface area contributed by atoms with Crippen LogP contribution in [0.2, 0.25) is 0 Å². The van der Waals surface area contributed by atoms with Crippen LogP contribution in [0.4, 0.5) is 4.39 Å². The van der Waals surface area contributed by atoms with E-state index in [4.69, 9.17) is 0 Å². The van der Waals surface area contributed by atoms with Crippen LogP contribution in [0, 0.1) is 12.7 Å². The summed E-state index contributed by atoms with van der Waals surface area (Å²) in [6, 6.07) is 6.94.